The zero-order chi connectivity index (χ0) is 16.4. The lowest BCUT2D eigenvalue weighted by atomic mass is 10.1. The third-order valence-corrected chi connectivity index (χ3v) is 4.50. The molecule has 3 heterocycles. The molecule has 1 aliphatic heterocycles. The van der Waals surface area contributed by atoms with Gasteiger partial charge in [0.15, 0.2) is 0 Å². The molecule has 122 valence electrons. The normalized spacial score (nSPS) is 18.1. The number of aromatic nitrogens is 3. The summed E-state index contributed by atoms with van der Waals surface area (Å²) in [7, 11) is 0. The standard InChI is InChI=1S/C19H20N4O/c1-14-4-6-16(7-5-14)18-21-19(24-22-18)17-8-10-23(13-17)12-15-3-2-9-20-11-15/h2-7,9,11,17H,8,10,12-13H2,1H3. The first-order chi connectivity index (χ1) is 11.8. The number of hydrogen-bond acceptors (Lipinski definition) is 5. The average molecular weight is 320 g/mol. The van der Waals surface area contributed by atoms with Crippen molar-refractivity contribution in [3.05, 3.63) is 65.8 Å². The van der Waals surface area contributed by atoms with Crippen LogP contribution in [0.5, 0.6) is 0 Å². The van der Waals surface area contributed by atoms with E-state index in [2.05, 4.69) is 45.1 Å². The molecule has 5 heteroatoms. The number of benzene rings is 1. The molecule has 0 radical (unpaired) electrons. The largest absolute Gasteiger partial charge is 0.339 e. The molecule has 5 nitrogen and oxygen atoms in total. The molecule has 0 amide bonds. The van der Waals surface area contributed by atoms with Crippen LogP contribution in [0.3, 0.4) is 0 Å². The van der Waals surface area contributed by atoms with Gasteiger partial charge in [0.2, 0.25) is 11.7 Å². The van der Waals surface area contributed by atoms with Crippen molar-refractivity contribution in [1.82, 2.24) is 20.0 Å². The van der Waals surface area contributed by atoms with Crippen LogP contribution in [-0.2, 0) is 6.54 Å². The minimum atomic E-state index is 0.313. The summed E-state index contributed by atoms with van der Waals surface area (Å²) >= 11 is 0. The fourth-order valence-corrected chi connectivity index (χ4v) is 3.15. The summed E-state index contributed by atoms with van der Waals surface area (Å²) < 4.78 is 5.53. The number of aryl methyl sites for hydroxylation is 1. The van der Waals surface area contributed by atoms with Crippen LogP contribution in [0.2, 0.25) is 0 Å². The summed E-state index contributed by atoms with van der Waals surface area (Å²) in [5, 5.41) is 4.16. The molecule has 2 aromatic heterocycles. The Labute approximate surface area is 141 Å². The molecular formula is C19H20N4O. The van der Waals surface area contributed by atoms with Crippen molar-refractivity contribution in [2.75, 3.05) is 13.1 Å². The molecule has 0 saturated carbocycles. The Hall–Kier alpha value is -2.53. The number of hydrogen-bond donors (Lipinski definition) is 0. The van der Waals surface area contributed by atoms with Gasteiger partial charge in [-0.15, -0.1) is 0 Å². The van der Waals surface area contributed by atoms with Crippen LogP contribution in [0.4, 0.5) is 0 Å². The smallest absolute Gasteiger partial charge is 0.231 e. The molecule has 1 unspecified atom stereocenters. The second-order valence-corrected chi connectivity index (χ2v) is 6.40. The predicted molar refractivity (Wildman–Crippen MR) is 91.3 cm³/mol. The Morgan fingerprint density at radius 3 is 2.88 bits per heavy atom. The minimum absolute atomic E-state index is 0.313. The van der Waals surface area contributed by atoms with Gasteiger partial charge in [-0.1, -0.05) is 41.1 Å². The summed E-state index contributed by atoms with van der Waals surface area (Å²) in [4.78, 5) is 11.2. The van der Waals surface area contributed by atoms with Crippen LogP contribution in [0, 0.1) is 6.92 Å². The fourth-order valence-electron chi connectivity index (χ4n) is 3.15. The summed E-state index contributed by atoms with van der Waals surface area (Å²) in [6, 6.07) is 12.3. The molecule has 0 spiro atoms. The maximum Gasteiger partial charge on any atom is 0.231 e. The van der Waals surface area contributed by atoms with Crippen molar-refractivity contribution in [3.8, 4) is 11.4 Å². The summed E-state index contributed by atoms with van der Waals surface area (Å²) in [6.45, 7) is 4.98. The van der Waals surface area contributed by atoms with Gasteiger partial charge in [0.25, 0.3) is 0 Å². The van der Waals surface area contributed by atoms with Gasteiger partial charge in [-0.05, 0) is 31.5 Å². The molecule has 1 aliphatic rings. The van der Waals surface area contributed by atoms with E-state index in [1.807, 2.05) is 24.4 Å². The first-order valence-corrected chi connectivity index (χ1v) is 8.30. The molecule has 0 bridgehead atoms. The van der Waals surface area contributed by atoms with E-state index < -0.39 is 0 Å². The van der Waals surface area contributed by atoms with E-state index in [9.17, 15) is 0 Å². The van der Waals surface area contributed by atoms with Crippen LogP contribution in [0.25, 0.3) is 11.4 Å². The molecule has 1 saturated heterocycles. The highest BCUT2D eigenvalue weighted by atomic mass is 16.5. The molecule has 1 aromatic carbocycles. The average Bonchev–Trinajstić information content (AvgIpc) is 3.26. The van der Waals surface area contributed by atoms with Gasteiger partial charge in [-0.2, -0.15) is 4.98 Å². The molecule has 0 N–H and O–H groups in total. The van der Waals surface area contributed by atoms with Crippen LogP contribution in [0.1, 0.15) is 29.4 Å². The number of nitrogens with zero attached hydrogens (tertiary/aromatic N) is 4. The van der Waals surface area contributed by atoms with Gasteiger partial charge in [0.05, 0.1) is 5.92 Å². The molecule has 0 aliphatic carbocycles. The molecule has 1 atom stereocenters. The van der Waals surface area contributed by atoms with Gasteiger partial charge in [0, 0.05) is 31.0 Å². The first-order valence-electron chi connectivity index (χ1n) is 8.30. The lowest BCUT2D eigenvalue weighted by Gasteiger charge is -2.14. The van der Waals surface area contributed by atoms with Crippen LogP contribution < -0.4 is 0 Å². The second kappa shape index (κ2) is 6.53. The highest BCUT2D eigenvalue weighted by Gasteiger charge is 2.28. The Bertz CT molecular complexity index is 798. The summed E-state index contributed by atoms with van der Waals surface area (Å²) in [5.74, 6) is 1.74. The van der Waals surface area contributed by atoms with E-state index in [0.29, 0.717) is 11.7 Å². The number of rotatable bonds is 4. The SMILES string of the molecule is Cc1ccc(-c2noc(C3CCN(Cc4cccnc4)C3)n2)cc1. The zero-order valence-electron chi connectivity index (χ0n) is 13.7. The number of likely N-dealkylation sites (tertiary alicyclic amines) is 1. The van der Waals surface area contributed by atoms with Crippen LogP contribution >= 0.6 is 0 Å². The van der Waals surface area contributed by atoms with Crippen molar-refractivity contribution in [1.29, 1.82) is 0 Å². The predicted octanol–water partition coefficient (Wildman–Crippen LogP) is 3.43. The van der Waals surface area contributed by atoms with E-state index in [0.717, 1.165) is 37.5 Å². The topological polar surface area (TPSA) is 55.1 Å². The maximum atomic E-state index is 5.53. The number of pyridine rings is 1. The van der Waals surface area contributed by atoms with Gasteiger partial charge >= 0.3 is 0 Å². The van der Waals surface area contributed by atoms with Gasteiger partial charge in [-0.3, -0.25) is 9.88 Å². The van der Waals surface area contributed by atoms with Gasteiger partial charge in [0.1, 0.15) is 0 Å². The van der Waals surface area contributed by atoms with E-state index in [1.165, 1.54) is 11.1 Å². The lowest BCUT2D eigenvalue weighted by molar-refractivity contribution is 0.309. The third kappa shape index (κ3) is 3.21. The van der Waals surface area contributed by atoms with E-state index in [4.69, 9.17) is 4.52 Å². The van der Waals surface area contributed by atoms with Crippen LogP contribution in [0.15, 0.2) is 53.3 Å². The van der Waals surface area contributed by atoms with Crippen molar-refractivity contribution < 1.29 is 4.52 Å². The first kappa shape index (κ1) is 15.0. The maximum absolute atomic E-state index is 5.53. The van der Waals surface area contributed by atoms with Gasteiger partial charge in [-0.25, -0.2) is 0 Å². The molecular weight excluding hydrogens is 300 g/mol. The van der Waals surface area contributed by atoms with E-state index in [1.54, 1.807) is 6.20 Å². The fraction of sp³-hybridized carbons (Fsp3) is 0.316. The second-order valence-electron chi connectivity index (χ2n) is 6.40. The highest BCUT2D eigenvalue weighted by molar-refractivity contribution is 5.54. The summed E-state index contributed by atoms with van der Waals surface area (Å²) in [5.41, 5.74) is 3.47. The summed E-state index contributed by atoms with van der Waals surface area (Å²) in [6.07, 6.45) is 4.78. The van der Waals surface area contributed by atoms with E-state index >= 15 is 0 Å². The molecule has 3 aromatic rings. The monoisotopic (exact) mass is 320 g/mol. The van der Waals surface area contributed by atoms with Crippen molar-refractivity contribution in [2.24, 2.45) is 0 Å². The molecule has 24 heavy (non-hydrogen) atoms. The lowest BCUT2D eigenvalue weighted by Crippen LogP contribution is -2.19. The quantitative estimate of drug-likeness (QED) is 0.737. The highest BCUT2D eigenvalue weighted by Crippen LogP contribution is 2.28. The van der Waals surface area contributed by atoms with Crippen molar-refractivity contribution in [2.45, 2.75) is 25.8 Å². The molecule has 4 rings (SSSR count). The van der Waals surface area contributed by atoms with Crippen LogP contribution in [-0.4, -0.2) is 33.1 Å². The Balaban J connectivity index is 1.43. The van der Waals surface area contributed by atoms with E-state index in [-0.39, 0.29) is 0 Å². The van der Waals surface area contributed by atoms with Crippen molar-refractivity contribution in [3.63, 3.8) is 0 Å². The Kier molecular flexibility index (Phi) is 4.09. The zero-order valence-corrected chi connectivity index (χ0v) is 13.7. The third-order valence-electron chi connectivity index (χ3n) is 4.50. The molecule has 1 fully saturated rings. The minimum Gasteiger partial charge on any atom is -0.339 e. The Morgan fingerprint density at radius 1 is 1.21 bits per heavy atom. The van der Waals surface area contributed by atoms with Gasteiger partial charge < -0.3 is 4.52 Å². The van der Waals surface area contributed by atoms with Crippen molar-refractivity contribution >= 4 is 0 Å². The Morgan fingerprint density at radius 2 is 2.08 bits per heavy atom.